The number of nitrogens with zero attached hydrogens (tertiary/aromatic N) is 2. The van der Waals surface area contributed by atoms with E-state index in [1.807, 2.05) is 62.4 Å². The average molecular weight is 495 g/mol. The molecule has 0 saturated heterocycles. The van der Waals surface area contributed by atoms with Crippen LogP contribution in [0.2, 0.25) is 0 Å². The minimum absolute atomic E-state index is 0.0266. The quantitative estimate of drug-likeness (QED) is 0.280. The van der Waals surface area contributed by atoms with Crippen LogP contribution in [0, 0.1) is 13.8 Å². The summed E-state index contributed by atoms with van der Waals surface area (Å²) in [6.07, 6.45) is 3.10. The number of aromatic nitrogens is 2. The fourth-order valence-electron chi connectivity index (χ4n) is 4.49. The number of hydrogen-bond donors (Lipinski definition) is 3. The van der Waals surface area contributed by atoms with E-state index in [-0.39, 0.29) is 23.6 Å². The van der Waals surface area contributed by atoms with Gasteiger partial charge in [0.1, 0.15) is 5.75 Å². The number of hydrogen-bond acceptors (Lipinski definition) is 4. The second kappa shape index (κ2) is 10.3. The summed E-state index contributed by atoms with van der Waals surface area (Å²) < 4.78 is 1.42. The molecule has 1 aliphatic rings. The van der Waals surface area contributed by atoms with Gasteiger partial charge in [-0.25, -0.2) is 4.79 Å². The summed E-state index contributed by atoms with van der Waals surface area (Å²) in [5, 5.41) is 21.1. The average Bonchev–Trinajstić information content (AvgIpc) is 3.28. The number of rotatable bonds is 6. The van der Waals surface area contributed by atoms with Crippen molar-refractivity contribution in [3.8, 4) is 17.0 Å². The molecule has 7 nitrogen and oxygen atoms in total. The van der Waals surface area contributed by atoms with Gasteiger partial charge in [-0.3, -0.25) is 4.79 Å². The summed E-state index contributed by atoms with van der Waals surface area (Å²) in [6, 6.07) is 21.8. The molecule has 3 aromatic carbocycles. The van der Waals surface area contributed by atoms with Gasteiger partial charge in [0.25, 0.3) is 5.91 Å². The summed E-state index contributed by atoms with van der Waals surface area (Å²) in [5.41, 5.74) is 5.92. The lowest BCUT2D eigenvalue weighted by Gasteiger charge is -2.25. The summed E-state index contributed by atoms with van der Waals surface area (Å²) >= 11 is 0. The summed E-state index contributed by atoms with van der Waals surface area (Å²) in [7, 11) is 0. The smallest absolute Gasteiger partial charge is 0.342 e. The van der Waals surface area contributed by atoms with Crippen molar-refractivity contribution < 1.29 is 14.7 Å². The van der Waals surface area contributed by atoms with Gasteiger partial charge in [-0.15, -0.1) is 0 Å². The molecule has 0 bridgehead atoms. The van der Waals surface area contributed by atoms with Crippen LogP contribution in [-0.4, -0.2) is 26.8 Å². The van der Waals surface area contributed by atoms with Crippen LogP contribution in [0.3, 0.4) is 0 Å². The van der Waals surface area contributed by atoms with Crippen molar-refractivity contribution in [1.29, 1.82) is 0 Å². The number of nitrogens with one attached hydrogen (secondary N) is 2. The maximum atomic E-state index is 13.2. The second-order valence-electron chi connectivity index (χ2n) is 9.64. The third kappa shape index (κ3) is 5.26. The van der Waals surface area contributed by atoms with Gasteiger partial charge in [0.15, 0.2) is 0 Å². The molecular weight excluding hydrogens is 464 g/mol. The van der Waals surface area contributed by atoms with Crippen molar-refractivity contribution in [1.82, 2.24) is 15.1 Å². The molecule has 1 aromatic heterocycles. The maximum absolute atomic E-state index is 13.2. The number of carbonyl (C=O) groups excluding carboxylic acids is 2. The van der Waals surface area contributed by atoms with E-state index in [0.29, 0.717) is 29.1 Å². The topological polar surface area (TPSA) is 96.3 Å². The minimum Gasteiger partial charge on any atom is -0.507 e. The van der Waals surface area contributed by atoms with E-state index >= 15 is 0 Å². The van der Waals surface area contributed by atoms with E-state index in [4.69, 9.17) is 0 Å². The van der Waals surface area contributed by atoms with Crippen molar-refractivity contribution in [3.63, 3.8) is 0 Å². The Labute approximate surface area is 216 Å². The van der Waals surface area contributed by atoms with Crippen molar-refractivity contribution in [2.45, 2.75) is 45.6 Å². The summed E-state index contributed by atoms with van der Waals surface area (Å²) in [4.78, 5) is 26.0. The summed E-state index contributed by atoms with van der Waals surface area (Å²) in [5.74, 6) is 0.0436. The number of phenolic OH excluding ortho intramolecular Hbond substituents is 1. The van der Waals surface area contributed by atoms with Crippen LogP contribution >= 0.6 is 0 Å². The van der Waals surface area contributed by atoms with Gasteiger partial charge in [0.2, 0.25) is 0 Å². The molecule has 4 aromatic rings. The van der Waals surface area contributed by atoms with E-state index in [9.17, 15) is 14.7 Å². The second-order valence-corrected chi connectivity index (χ2v) is 9.64. The van der Waals surface area contributed by atoms with Gasteiger partial charge in [0.05, 0.1) is 11.4 Å². The van der Waals surface area contributed by atoms with Gasteiger partial charge in [0, 0.05) is 29.3 Å². The Kier molecular flexibility index (Phi) is 6.77. The molecule has 5 rings (SSSR count). The molecule has 7 heteroatoms. The number of carbonyl (C=O) groups is 2. The molecule has 3 N–H and O–H groups in total. The van der Waals surface area contributed by atoms with Crippen LogP contribution in [0.5, 0.6) is 5.75 Å². The number of amides is 2. The van der Waals surface area contributed by atoms with Crippen LogP contribution in [0.15, 0.2) is 72.8 Å². The highest BCUT2D eigenvalue weighted by molar-refractivity contribution is 6.05. The Morgan fingerprint density at radius 2 is 1.76 bits per heavy atom. The van der Waals surface area contributed by atoms with E-state index in [1.54, 1.807) is 18.2 Å². The highest BCUT2D eigenvalue weighted by Crippen LogP contribution is 2.39. The Hall–Kier alpha value is -4.39. The van der Waals surface area contributed by atoms with Crippen molar-refractivity contribution in [2.24, 2.45) is 0 Å². The van der Waals surface area contributed by atoms with Crippen molar-refractivity contribution in [2.75, 3.05) is 5.32 Å². The third-order valence-corrected chi connectivity index (χ3v) is 6.94. The number of phenols is 1. The Bertz CT molecular complexity index is 1450. The highest BCUT2D eigenvalue weighted by Gasteiger charge is 2.27. The molecule has 1 fully saturated rings. The lowest BCUT2D eigenvalue weighted by molar-refractivity contribution is 0.102. The maximum Gasteiger partial charge on any atom is 0.342 e. The predicted molar refractivity (Wildman–Crippen MR) is 144 cm³/mol. The lowest BCUT2D eigenvalue weighted by atomic mass is 9.82. The molecule has 0 atom stereocenters. The van der Waals surface area contributed by atoms with Crippen molar-refractivity contribution >= 4 is 17.6 Å². The fourth-order valence-corrected chi connectivity index (χ4v) is 4.49. The minimum atomic E-state index is -0.308. The molecule has 2 amide bonds. The number of benzene rings is 3. The molecule has 1 saturated carbocycles. The molecular formula is C30H30N4O3. The van der Waals surface area contributed by atoms with Crippen molar-refractivity contribution in [3.05, 3.63) is 101 Å². The first kappa shape index (κ1) is 24.3. The zero-order chi connectivity index (χ0) is 25.9. The fraction of sp³-hybridized carbons (Fsp3) is 0.233. The molecule has 0 spiro atoms. The Balaban J connectivity index is 1.40. The van der Waals surface area contributed by atoms with Crippen LogP contribution in [0.4, 0.5) is 10.5 Å². The monoisotopic (exact) mass is 494 g/mol. The normalized spacial score (nSPS) is 13.1. The molecule has 1 heterocycles. The zero-order valence-corrected chi connectivity index (χ0v) is 21.0. The molecule has 37 heavy (non-hydrogen) atoms. The van der Waals surface area contributed by atoms with Crippen LogP contribution in [-0.2, 0) is 6.54 Å². The van der Waals surface area contributed by atoms with Crippen LogP contribution < -0.4 is 10.6 Å². The van der Waals surface area contributed by atoms with E-state index in [1.165, 1.54) is 10.7 Å². The SMILES string of the molecule is Cc1ccc(CNC(=O)n2nc(-c3cc(NC(=O)c4ccccc4C)ccc3O)cc2C2CCC2)cc1. The Morgan fingerprint density at radius 1 is 1.00 bits per heavy atom. The summed E-state index contributed by atoms with van der Waals surface area (Å²) in [6.45, 7) is 4.30. The zero-order valence-electron chi connectivity index (χ0n) is 21.0. The van der Waals surface area contributed by atoms with E-state index in [2.05, 4.69) is 15.7 Å². The number of anilines is 1. The molecule has 188 valence electrons. The van der Waals surface area contributed by atoms with Gasteiger partial charge >= 0.3 is 6.03 Å². The molecule has 0 radical (unpaired) electrons. The van der Waals surface area contributed by atoms with Gasteiger partial charge < -0.3 is 15.7 Å². The highest BCUT2D eigenvalue weighted by atomic mass is 16.3. The first-order valence-electron chi connectivity index (χ1n) is 12.5. The van der Waals surface area contributed by atoms with Crippen LogP contribution in [0.25, 0.3) is 11.3 Å². The van der Waals surface area contributed by atoms with E-state index in [0.717, 1.165) is 41.6 Å². The first-order valence-corrected chi connectivity index (χ1v) is 12.5. The molecule has 0 unspecified atom stereocenters. The number of aryl methyl sites for hydroxylation is 2. The first-order chi connectivity index (χ1) is 17.9. The van der Waals surface area contributed by atoms with E-state index < -0.39 is 0 Å². The predicted octanol–water partition coefficient (Wildman–Crippen LogP) is 6.15. The lowest BCUT2D eigenvalue weighted by Crippen LogP contribution is -2.31. The largest absolute Gasteiger partial charge is 0.507 e. The molecule has 0 aliphatic heterocycles. The van der Waals surface area contributed by atoms with Gasteiger partial charge in [-0.2, -0.15) is 9.78 Å². The van der Waals surface area contributed by atoms with Gasteiger partial charge in [-0.05, 0) is 68.1 Å². The number of aromatic hydroxyl groups is 1. The van der Waals surface area contributed by atoms with Gasteiger partial charge in [-0.1, -0.05) is 54.4 Å². The Morgan fingerprint density at radius 3 is 2.46 bits per heavy atom. The van der Waals surface area contributed by atoms with Crippen LogP contribution in [0.1, 0.15) is 57.9 Å². The third-order valence-electron chi connectivity index (χ3n) is 6.94. The molecule has 1 aliphatic carbocycles. The standard InChI is InChI=1S/C30H30N4O3/c1-19-10-12-21(13-11-19)18-31-30(37)34-27(22-7-5-8-22)17-26(33-34)25-16-23(14-15-28(25)35)32-29(36)24-9-4-3-6-20(24)2/h3-4,6,9-17,22,35H,5,7-8,18H2,1-2H3,(H,31,37)(H,32,36).